The third-order valence-corrected chi connectivity index (χ3v) is 5.52. The van der Waals surface area contributed by atoms with Crippen LogP contribution in [-0.2, 0) is 19.8 Å². The second-order valence-electron chi connectivity index (χ2n) is 8.37. The maximum atomic E-state index is 5.36. The van der Waals surface area contributed by atoms with Crippen LogP contribution in [0, 0.1) is 18.4 Å². The SMILES string of the molecule is C#CCOc1cc[c-]c(-c2cc(OC)ccn2)c1.[Os+].c1ccc(-c2ccccn2)nc1.c1ccc(-c2ccccn2)nc1. The monoisotopic (exact) mass is 742 g/mol. The Labute approximate surface area is 265 Å². The largest absolute Gasteiger partial charge is 1.00 e. The van der Waals surface area contributed by atoms with Crippen molar-refractivity contribution in [3.8, 4) is 57.9 Å². The standard InChI is InChI=1S/C15H12NO2.2C10H8N2.Os/c1-3-9-18-14-6-4-5-12(10-14)15-11-13(17-2)7-8-16-15;2*1-3-7-11-9(5-1)10-6-2-4-8-12-10;/h1,4,6-8,10-11H,9H2,2H3;2*1-8H;/q-1;;;+1. The maximum absolute atomic E-state index is 5.36. The third-order valence-electron chi connectivity index (χ3n) is 5.52. The molecule has 6 aromatic rings. The topological polar surface area (TPSA) is 82.9 Å². The minimum atomic E-state index is 0. The van der Waals surface area contributed by atoms with E-state index in [0.717, 1.165) is 39.8 Å². The van der Waals surface area contributed by atoms with Gasteiger partial charge in [-0.25, -0.2) is 0 Å². The van der Waals surface area contributed by atoms with Gasteiger partial charge in [-0.15, -0.1) is 36.3 Å². The Bertz CT molecular complexity index is 1520. The van der Waals surface area contributed by atoms with Gasteiger partial charge < -0.3 is 14.5 Å². The van der Waals surface area contributed by atoms with Crippen LogP contribution >= 0.6 is 0 Å². The molecule has 6 rings (SSSR count). The molecule has 5 aromatic heterocycles. The van der Waals surface area contributed by atoms with E-state index in [-0.39, 0.29) is 26.4 Å². The number of benzene rings is 1. The van der Waals surface area contributed by atoms with Crippen molar-refractivity contribution in [3.63, 3.8) is 0 Å². The molecule has 0 saturated carbocycles. The second kappa shape index (κ2) is 18.2. The van der Waals surface area contributed by atoms with Crippen LogP contribution in [0.2, 0.25) is 0 Å². The van der Waals surface area contributed by atoms with Gasteiger partial charge in [-0.1, -0.05) is 30.2 Å². The van der Waals surface area contributed by atoms with Gasteiger partial charge in [0.2, 0.25) is 0 Å². The molecular formula is C35H28N5O2Os. The Kier molecular flexibility index (Phi) is 13.7. The summed E-state index contributed by atoms with van der Waals surface area (Å²) < 4.78 is 10.5. The van der Waals surface area contributed by atoms with E-state index in [1.54, 1.807) is 56.3 Å². The van der Waals surface area contributed by atoms with E-state index in [4.69, 9.17) is 15.9 Å². The van der Waals surface area contributed by atoms with E-state index in [1.165, 1.54) is 0 Å². The number of terminal acetylenes is 1. The number of pyridine rings is 5. The molecule has 0 bridgehead atoms. The third kappa shape index (κ3) is 10.6. The van der Waals surface area contributed by atoms with Crippen molar-refractivity contribution in [2.45, 2.75) is 0 Å². The van der Waals surface area contributed by atoms with Crippen molar-refractivity contribution in [2.75, 3.05) is 13.7 Å². The van der Waals surface area contributed by atoms with Gasteiger partial charge in [0.15, 0.2) is 0 Å². The number of ether oxygens (including phenoxy) is 2. The molecule has 1 aromatic carbocycles. The van der Waals surface area contributed by atoms with Gasteiger partial charge in [0, 0.05) is 36.7 Å². The number of hydrogen-bond acceptors (Lipinski definition) is 7. The fourth-order valence-corrected chi connectivity index (χ4v) is 3.55. The van der Waals surface area contributed by atoms with Crippen LogP contribution in [0.15, 0.2) is 134 Å². The number of aromatic nitrogens is 5. The number of nitrogens with zero attached hydrogens (tertiary/aromatic N) is 5. The molecular weight excluding hydrogens is 713 g/mol. The van der Waals surface area contributed by atoms with Crippen molar-refractivity contribution in [1.82, 2.24) is 24.9 Å². The molecule has 0 aliphatic heterocycles. The van der Waals surface area contributed by atoms with E-state index in [9.17, 15) is 0 Å². The zero-order chi connectivity index (χ0) is 29.2. The van der Waals surface area contributed by atoms with E-state index < -0.39 is 0 Å². The summed E-state index contributed by atoms with van der Waals surface area (Å²) in [5.74, 6) is 3.88. The first-order valence-corrected chi connectivity index (χ1v) is 13.0. The Morgan fingerprint density at radius 1 is 0.605 bits per heavy atom. The molecule has 43 heavy (non-hydrogen) atoms. The summed E-state index contributed by atoms with van der Waals surface area (Å²) in [6, 6.07) is 35.4. The molecule has 0 saturated heterocycles. The summed E-state index contributed by atoms with van der Waals surface area (Å²) in [7, 11) is 1.62. The molecule has 0 aliphatic carbocycles. The molecule has 0 fully saturated rings. The van der Waals surface area contributed by atoms with E-state index >= 15 is 0 Å². The minimum absolute atomic E-state index is 0. The fourth-order valence-electron chi connectivity index (χ4n) is 3.55. The van der Waals surface area contributed by atoms with Gasteiger partial charge in [0.1, 0.15) is 12.4 Å². The first kappa shape index (κ1) is 32.3. The van der Waals surface area contributed by atoms with Crippen LogP contribution in [0.25, 0.3) is 34.0 Å². The van der Waals surface area contributed by atoms with Crippen molar-refractivity contribution in [2.24, 2.45) is 0 Å². The smallest absolute Gasteiger partial charge is 0.500 e. The van der Waals surface area contributed by atoms with Crippen LogP contribution in [0.3, 0.4) is 0 Å². The van der Waals surface area contributed by atoms with Crippen LogP contribution in [0.1, 0.15) is 0 Å². The van der Waals surface area contributed by atoms with Crippen molar-refractivity contribution >= 4 is 0 Å². The van der Waals surface area contributed by atoms with Gasteiger partial charge in [0.25, 0.3) is 0 Å². The summed E-state index contributed by atoms with van der Waals surface area (Å²) in [5, 5.41) is 0. The van der Waals surface area contributed by atoms with Gasteiger partial charge >= 0.3 is 19.8 Å². The first-order chi connectivity index (χ1) is 20.8. The molecule has 7 nitrogen and oxygen atoms in total. The van der Waals surface area contributed by atoms with Crippen molar-refractivity contribution in [3.05, 3.63) is 140 Å². The number of rotatable bonds is 6. The number of methoxy groups -OCH3 is 1. The summed E-state index contributed by atoms with van der Waals surface area (Å²) in [6.45, 7) is 0.245. The van der Waals surface area contributed by atoms with E-state index in [1.807, 2.05) is 84.9 Å². The zero-order valence-corrected chi connectivity index (χ0v) is 25.9. The molecule has 0 N–H and O–H groups in total. The Hall–Kier alpha value is -5.23. The zero-order valence-electron chi connectivity index (χ0n) is 23.4. The molecule has 0 spiro atoms. The summed E-state index contributed by atoms with van der Waals surface area (Å²) >= 11 is 0. The van der Waals surface area contributed by atoms with Crippen molar-refractivity contribution in [1.29, 1.82) is 0 Å². The Balaban J connectivity index is 0.000000180. The van der Waals surface area contributed by atoms with Crippen LogP contribution in [0.5, 0.6) is 11.5 Å². The van der Waals surface area contributed by atoms with Gasteiger partial charge in [-0.05, 0) is 66.4 Å². The van der Waals surface area contributed by atoms with Crippen molar-refractivity contribution < 1.29 is 29.3 Å². The molecule has 5 heterocycles. The van der Waals surface area contributed by atoms with Crippen LogP contribution < -0.4 is 9.47 Å². The summed E-state index contributed by atoms with van der Waals surface area (Å²) in [4.78, 5) is 21.0. The predicted molar refractivity (Wildman–Crippen MR) is 164 cm³/mol. The fraction of sp³-hybridized carbons (Fsp3) is 0.0571. The van der Waals surface area contributed by atoms with E-state index in [0.29, 0.717) is 5.75 Å². The van der Waals surface area contributed by atoms with Gasteiger partial charge in [-0.2, -0.15) is 0 Å². The average Bonchev–Trinajstić information content (AvgIpc) is 3.09. The Morgan fingerprint density at radius 2 is 1.09 bits per heavy atom. The van der Waals surface area contributed by atoms with Gasteiger partial charge in [-0.3, -0.25) is 19.9 Å². The van der Waals surface area contributed by atoms with Crippen LogP contribution in [0.4, 0.5) is 0 Å². The quantitative estimate of drug-likeness (QED) is 0.137. The summed E-state index contributed by atoms with van der Waals surface area (Å²) in [6.07, 6.45) is 13.9. The molecule has 0 aliphatic rings. The maximum Gasteiger partial charge on any atom is 1.00 e. The summed E-state index contributed by atoms with van der Waals surface area (Å²) in [5.41, 5.74) is 5.27. The minimum Gasteiger partial charge on any atom is -0.500 e. The molecule has 0 unspecified atom stereocenters. The van der Waals surface area contributed by atoms with Gasteiger partial charge in [0.05, 0.1) is 29.9 Å². The predicted octanol–water partition coefficient (Wildman–Crippen LogP) is 6.85. The second-order valence-corrected chi connectivity index (χ2v) is 8.37. The molecule has 0 atom stereocenters. The first-order valence-electron chi connectivity index (χ1n) is 13.0. The molecule has 0 amide bonds. The average molecular weight is 741 g/mol. The Morgan fingerprint density at radius 3 is 1.51 bits per heavy atom. The normalized spacial score (nSPS) is 9.40. The van der Waals surface area contributed by atoms with Crippen LogP contribution in [-0.4, -0.2) is 38.6 Å². The molecule has 213 valence electrons. The number of hydrogen-bond donors (Lipinski definition) is 0. The van der Waals surface area contributed by atoms with E-state index in [2.05, 4.69) is 36.9 Å². The molecule has 1 radical (unpaired) electrons. The molecule has 8 heteroatoms.